The summed E-state index contributed by atoms with van der Waals surface area (Å²) in [5.41, 5.74) is 7.52. The molecule has 0 aliphatic carbocycles. The Bertz CT molecular complexity index is 487. The number of furan rings is 1. The number of fused-ring (bicyclic) bond motifs is 1. The molecule has 14 heavy (non-hydrogen) atoms. The highest BCUT2D eigenvalue weighted by Gasteiger charge is 2.09. The average Bonchev–Trinajstić information content (AvgIpc) is 2.44. The summed E-state index contributed by atoms with van der Waals surface area (Å²) in [6.45, 7) is 2.03. The highest BCUT2D eigenvalue weighted by molar-refractivity contribution is 7.80. The van der Waals surface area contributed by atoms with Gasteiger partial charge < -0.3 is 10.2 Å². The third-order valence-corrected chi connectivity index (χ3v) is 2.42. The predicted molar refractivity (Wildman–Crippen MR) is 61.4 cm³/mol. The second-order valence-electron chi connectivity index (χ2n) is 3.29. The molecule has 0 aliphatic rings. The van der Waals surface area contributed by atoms with Crippen LogP contribution in [0.5, 0.6) is 0 Å². The van der Waals surface area contributed by atoms with Crippen LogP contribution < -0.4 is 5.73 Å². The van der Waals surface area contributed by atoms with Gasteiger partial charge in [0.15, 0.2) is 0 Å². The van der Waals surface area contributed by atoms with E-state index in [0.717, 1.165) is 22.3 Å². The molecule has 0 radical (unpaired) electrons. The summed E-state index contributed by atoms with van der Waals surface area (Å²) in [5.74, 6) is 0.874. The zero-order valence-corrected chi connectivity index (χ0v) is 8.73. The predicted octanol–water partition coefficient (Wildman–Crippen LogP) is 2.57. The van der Waals surface area contributed by atoms with Gasteiger partial charge in [-0.25, -0.2) is 0 Å². The van der Waals surface area contributed by atoms with Gasteiger partial charge in [-0.05, 0) is 18.6 Å². The van der Waals surface area contributed by atoms with Gasteiger partial charge in [0.25, 0.3) is 0 Å². The van der Waals surface area contributed by atoms with Gasteiger partial charge in [-0.15, -0.1) is 0 Å². The van der Waals surface area contributed by atoms with Crippen LogP contribution >= 0.6 is 12.2 Å². The van der Waals surface area contributed by atoms with Gasteiger partial charge >= 0.3 is 0 Å². The fourth-order valence-corrected chi connectivity index (χ4v) is 1.68. The molecule has 2 N–H and O–H groups in total. The largest absolute Gasteiger partial charge is 0.460 e. The van der Waals surface area contributed by atoms with Crippen molar-refractivity contribution in [1.82, 2.24) is 0 Å². The minimum Gasteiger partial charge on any atom is -0.460 e. The van der Waals surface area contributed by atoms with Crippen molar-refractivity contribution in [2.45, 2.75) is 13.3 Å². The lowest BCUT2D eigenvalue weighted by atomic mass is 10.1. The zero-order valence-electron chi connectivity index (χ0n) is 7.91. The number of para-hydroxylation sites is 1. The molecule has 0 bridgehead atoms. The highest BCUT2D eigenvalue weighted by atomic mass is 32.1. The number of nitrogens with two attached hydrogens (primary N) is 1. The highest BCUT2D eigenvalue weighted by Crippen LogP contribution is 2.24. The third kappa shape index (κ3) is 1.51. The van der Waals surface area contributed by atoms with Crippen LogP contribution in [0.3, 0.4) is 0 Å². The lowest BCUT2D eigenvalue weighted by Gasteiger charge is -1.94. The maximum atomic E-state index is 5.64. The molecule has 2 rings (SSSR count). The molecule has 3 heteroatoms. The summed E-state index contributed by atoms with van der Waals surface area (Å²) in [6.07, 6.45) is 0.538. The van der Waals surface area contributed by atoms with Crippen molar-refractivity contribution in [3.63, 3.8) is 0 Å². The number of hydrogen-bond donors (Lipinski definition) is 1. The quantitative estimate of drug-likeness (QED) is 0.766. The van der Waals surface area contributed by atoms with Crippen molar-refractivity contribution >= 4 is 28.2 Å². The summed E-state index contributed by atoms with van der Waals surface area (Å²) >= 11 is 4.86. The van der Waals surface area contributed by atoms with Crippen LogP contribution in [0.4, 0.5) is 0 Å². The molecule has 0 atom stereocenters. The van der Waals surface area contributed by atoms with E-state index < -0.39 is 0 Å². The monoisotopic (exact) mass is 205 g/mol. The molecule has 0 aliphatic heterocycles. The lowest BCUT2D eigenvalue weighted by molar-refractivity contribution is 0.566. The van der Waals surface area contributed by atoms with E-state index in [1.54, 1.807) is 0 Å². The zero-order chi connectivity index (χ0) is 10.1. The topological polar surface area (TPSA) is 39.2 Å². The molecule has 1 aromatic heterocycles. The smallest absolute Gasteiger partial charge is 0.134 e. The van der Waals surface area contributed by atoms with E-state index in [4.69, 9.17) is 22.4 Å². The van der Waals surface area contributed by atoms with E-state index in [9.17, 15) is 0 Å². The SMILES string of the molecule is Cc1c(CC(N)=S)oc2ccccc12. The van der Waals surface area contributed by atoms with Gasteiger partial charge in [0, 0.05) is 5.39 Å². The van der Waals surface area contributed by atoms with Crippen molar-refractivity contribution in [1.29, 1.82) is 0 Å². The van der Waals surface area contributed by atoms with E-state index in [0.29, 0.717) is 11.4 Å². The summed E-state index contributed by atoms with van der Waals surface area (Å²) in [6, 6.07) is 7.94. The Kier molecular flexibility index (Phi) is 2.25. The minimum absolute atomic E-state index is 0.465. The fraction of sp³-hybridized carbons (Fsp3) is 0.182. The van der Waals surface area contributed by atoms with Crippen LogP contribution in [-0.2, 0) is 6.42 Å². The second-order valence-corrected chi connectivity index (χ2v) is 3.81. The summed E-state index contributed by atoms with van der Waals surface area (Å²) < 4.78 is 5.64. The molecule has 0 unspecified atom stereocenters. The molecule has 0 fully saturated rings. The van der Waals surface area contributed by atoms with Crippen molar-refractivity contribution in [3.8, 4) is 0 Å². The van der Waals surface area contributed by atoms with Crippen molar-refractivity contribution in [3.05, 3.63) is 35.6 Å². The normalized spacial score (nSPS) is 10.6. The van der Waals surface area contributed by atoms with E-state index >= 15 is 0 Å². The fourth-order valence-electron chi connectivity index (χ4n) is 1.55. The van der Waals surface area contributed by atoms with Gasteiger partial charge in [0.05, 0.1) is 11.4 Å². The van der Waals surface area contributed by atoms with Gasteiger partial charge in [-0.3, -0.25) is 0 Å². The molecule has 72 valence electrons. The number of thiocarbonyl (C=S) groups is 1. The Morgan fingerprint density at radius 3 is 2.79 bits per heavy atom. The van der Waals surface area contributed by atoms with Gasteiger partial charge in [-0.1, -0.05) is 30.4 Å². The molecule has 0 amide bonds. The Balaban J connectivity index is 2.57. The van der Waals surface area contributed by atoms with Crippen LogP contribution in [0, 0.1) is 6.92 Å². The Hall–Kier alpha value is -1.35. The molecular formula is C11H11NOS. The molecule has 1 aromatic carbocycles. The summed E-state index contributed by atoms with van der Waals surface area (Å²) in [7, 11) is 0. The van der Waals surface area contributed by atoms with Crippen LogP contribution in [-0.4, -0.2) is 4.99 Å². The first kappa shape index (κ1) is 9.21. The van der Waals surface area contributed by atoms with Gasteiger partial charge in [0.2, 0.25) is 0 Å². The molecule has 0 saturated carbocycles. The molecular weight excluding hydrogens is 194 g/mol. The van der Waals surface area contributed by atoms with E-state index in [-0.39, 0.29) is 0 Å². The number of hydrogen-bond acceptors (Lipinski definition) is 2. The molecule has 0 saturated heterocycles. The van der Waals surface area contributed by atoms with Crippen LogP contribution in [0.1, 0.15) is 11.3 Å². The molecule has 2 nitrogen and oxygen atoms in total. The minimum atomic E-state index is 0.465. The molecule has 1 heterocycles. The van der Waals surface area contributed by atoms with E-state index in [1.165, 1.54) is 0 Å². The third-order valence-electron chi connectivity index (χ3n) is 2.28. The van der Waals surface area contributed by atoms with Crippen molar-refractivity contribution < 1.29 is 4.42 Å². The van der Waals surface area contributed by atoms with Gasteiger partial charge in [-0.2, -0.15) is 0 Å². The Morgan fingerprint density at radius 2 is 2.14 bits per heavy atom. The van der Waals surface area contributed by atoms with E-state index in [2.05, 4.69) is 0 Å². The second kappa shape index (κ2) is 3.42. The summed E-state index contributed by atoms with van der Waals surface area (Å²) in [5, 5.41) is 1.14. The number of benzene rings is 1. The Morgan fingerprint density at radius 1 is 1.43 bits per heavy atom. The van der Waals surface area contributed by atoms with Crippen LogP contribution in [0.25, 0.3) is 11.0 Å². The van der Waals surface area contributed by atoms with Gasteiger partial charge in [0.1, 0.15) is 11.3 Å². The lowest BCUT2D eigenvalue weighted by Crippen LogP contribution is -2.10. The summed E-state index contributed by atoms with van der Waals surface area (Å²) in [4.78, 5) is 0.465. The van der Waals surface area contributed by atoms with Crippen LogP contribution in [0.15, 0.2) is 28.7 Å². The first-order valence-electron chi connectivity index (χ1n) is 4.44. The molecule has 2 aromatic rings. The standard InChI is InChI=1S/C11H11NOS/c1-7-8-4-2-3-5-9(8)13-10(7)6-11(12)14/h2-5H,6H2,1H3,(H2,12,14). The van der Waals surface area contributed by atoms with Crippen molar-refractivity contribution in [2.24, 2.45) is 5.73 Å². The average molecular weight is 205 g/mol. The van der Waals surface area contributed by atoms with Crippen LogP contribution in [0.2, 0.25) is 0 Å². The first-order valence-corrected chi connectivity index (χ1v) is 4.84. The maximum Gasteiger partial charge on any atom is 0.134 e. The number of rotatable bonds is 2. The van der Waals surface area contributed by atoms with Crippen molar-refractivity contribution in [2.75, 3.05) is 0 Å². The van der Waals surface area contributed by atoms with E-state index in [1.807, 2.05) is 31.2 Å². The maximum absolute atomic E-state index is 5.64. The number of aryl methyl sites for hydroxylation is 1. The first-order chi connectivity index (χ1) is 6.68. The Labute approximate surface area is 87.7 Å². The molecule has 0 spiro atoms.